The van der Waals surface area contributed by atoms with Crippen LogP contribution in [0.25, 0.3) is 88.4 Å². The molecule has 0 amide bonds. The number of nitriles is 1. The third kappa shape index (κ3) is 6.06. The third-order valence-corrected chi connectivity index (χ3v) is 11.5. The number of para-hydroxylation sites is 2. The van der Waals surface area contributed by atoms with Crippen LogP contribution in [0.1, 0.15) is 27.8 Å². The van der Waals surface area contributed by atoms with Crippen molar-refractivity contribution >= 4 is 43.6 Å². The maximum atomic E-state index is 14.4. The van der Waals surface area contributed by atoms with Crippen molar-refractivity contribution in [1.82, 2.24) is 9.13 Å². The van der Waals surface area contributed by atoms with Gasteiger partial charge in [-0.1, -0.05) is 126 Å². The van der Waals surface area contributed by atoms with Crippen LogP contribution in [0.4, 0.5) is 13.2 Å². The Balaban J connectivity index is 1.34. The Morgan fingerprint density at radius 1 is 0.407 bits per heavy atom. The summed E-state index contributed by atoms with van der Waals surface area (Å²) in [5, 5.41) is 15.4. The van der Waals surface area contributed by atoms with Gasteiger partial charge in [-0.25, -0.2) is 0 Å². The number of hydrogen-bond donors (Lipinski definition) is 0. The average molecular weight is 772 g/mol. The van der Waals surface area contributed by atoms with E-state index in [9.17, 15) is 18.4 Å². The summed E-state index contributed by atoms with van der Waals surface area (Å²) in [4.78, 5) is 0. The molecule has 0 bridgehead atoms. The van der Waals surface area contributed by atoms with Gasteiger partial charge in [0.2, 0.25) is 0 Å². The summed E-state index contributed by atoms with van der Waals surface area (Å²) in [7, 11) is 0. The van der Waals surface area contributed by atoms with Crippen molar-refractivity contribution in [2.75, 3.05) is 0 Å². The summed E-state index contributed by atoms with van der Waals surface area (Å²) in [5.74, 6) is 0. The minimum atomic E-state index is -4.54. The molecule has 0 N–H and O–H groups in total. The Morgan fingerprint density at radius 2 is 0.831 bits per heavy atom. The minimum Gasteiger partial charge on any atom is -0.308 e. The van der Waals surface area contributed by atoms with Gasteiger partial charge in [-0.3, -0.25) is 0 Å². The topological polar surface area (TPSA) is 33.6 Å². The van der Waals surface area contributed by atoms with Crippen LogP contribution in [0.15, 0.2) is 164 Å². The number of aromatic nitrogens is 2. The highest BCUT2D eigenvalue weighted by Crippen LogP contribution is 2.43. The van der Waals surface area contributed by atoms with Gasteiger partial charge in [0, 0.05) is 21.5 Å². The Kier molecular flexibility index (Phi) is 8.33. The smallest absolute Gasteiger partial charge is 0.308 e. The number of alkyl halides is 3. The van der Waals surface area contributed by atoms with Crippen molar-refractivity contribution in [2.45, 2.75) is 26.9 Å². The lowest BCUT2D eigenvalue weighted by Crippen LogP contribution is -2.07. The lowest BCUT2D eigenvalue weighted by atomic mass is 9.96. The molecule has 0 saturated heterocycles. The van der Waals surface area contributed by atoms with Crippen molar-refractivity contribution in [3.05, 3.63) is 192 Å². The SMILES string of the molecule is Cc1ccc(-c2ccc3c4ccccc4n(-c4cc(-c5cc(C)cc(C(F)(F)F)c5)cc(-n5c6ccccc6c6ccc(-c7ccc(C)cc7)cc65)c4C#N)c3c2)cc1. The van der Waals surface area contributed by atoms with Gasteiger partial charge in [0.25, 0.3) is 0 Å². The van der Waals surface area contributed by atoms with E-state index in [0.29, 0.717) is 33.6 Å². The van der Waals surface area contributed by atoms with Crippen LogP contribution in [-0.2, 0) is 6.18 Å². The molecule has 0 fully saturated rings. The first kappa shape index (κ1) is 36.0. The first-order valence-corrected chi connectivity index (χ1v) is 19.5. The Labute approximate surface area is 339 Å². The number of benzene rings is 8. The fourth-order valence-electron chi connectivity index (χ4n) is 8.67. The van der Waals surface area contributed by atoms with E-state index in [4.69, 9.17) is 0 Å². The minimum absolute atomic E-state index is 0.393. The van der Waals surface area contributed by atoms with Gasteiger partial charge in [-0.2, -0.15) is 18.4 Å². The molecule has 3 nitrogen and oxygen atoms in total. The summed E-state index contributed by atoms with van der Waals surface area (Å²) in [6.45, 7) is 5.81. The van der Waals surface area contributed by atoms with Gasteiger partial charge in [0.15, 0.2) is 0 Å². The van der Waals surface area contributed by atoms with Crippen LogP contribution >= 0.6 is 0 Å². The second-order valence-electron chi connectivity index (χ2n) is 15.5. The number of rotatable bonds is 5. The molecular weight excluding hydrogens is 736 g/mol. The Hall–Kier alpha value is -7.36. The predicted octanol–water partition coefficient (Wildman–Crippen LogP) is 14.7. The molecule has 10 rings (SSSR count). The number of hydrogen-bond acceptors (Lipinski definition) is 1. The number of halogens is 3. The van der Waals surface area contributed by atoms with E-state index in [1.807, 2.05) is 48.5 Å². The third-order valence-electron chi connectivity index (χ3n) is 11.5. The normalized spacial score (nSPS) is 11.9. The summed E-state index contributed by atoms with van der Waals surface area (Å²) in [6.07, 6.45) is -4.54. The van der Waals surface area contributed by atoms with Crippen LogP contribution in [-0.4, -0.2) is 9.13 Å². The van der Waals surface area contributed by atoms with E-state index in [1.54, 1.807) is 13.0 Å². The first-order chi connectivity index (χ1) is 28.6. The van der Waals surface area contributed by atoms with Crippen LogP contribution in [0.3, 0.4) is 0 Å². The number of aryl methyl sites for hydroxylation is 3. The van der Waals surface area contributed by atoms with Gasteiger partial charge in [-0.05, 0) is 108 Å². The van der Waals surface area contributed by atoms with E-state index >= 15 is 0 Å². The number of fused-ring (bicyclic) bond motifs is 6. The quantitative estimate of drug-likeness (QED) is 0.172. The monoisotopic (exact) mass is 771 g/mol. The van der Waals surface area contributed by atoms with Crippen molar-refractivity contribution < 1.29 is 13.2 Å². The highest BCUT2D eigenvalue weighted by molar-refractivity contribution is 6.12. The maximum Gasteiger partial charge on any atom is 0.416 e. The van der Waals surface area contributed by atoms with Gasteiger partial charge in [-0.15, -0.1) is 0 Å². The summed E-state index contributed by atoms with van der Waals surface area (Å²) >= 11 is 0. The van der Waals surface area contributed by atoms with E-state index in [1.165, 1.54) is 12.1 Å². The lowest BCUT2D eigenvalue weighted by molar-refractivity contribution is -0.137. The molecule has 59 heavy (non-hydrogen) atoms. The van der Waals surface area contributed by atoms with E-state index in [0.717, 1.165) is 77.0 Å². The standard InChI is InChI=1S/C53H36F3N3/c1-32-12-16-35(17-13-32)37-20-22-44-42-8-4-6-10-47(42)58(49(44)27-37)51-29-40(39-24-34(3)25-41(26-39)53(54,55)56)30-52(46(51)31-57)59-48-11-7-5-9-43(48)45-23-21-38(28-50(45)59)36-18-14-33(2)15-19-36/h4-30H,1-3H3. The molecule has 0 aliphatic heterocycles. The number of nitrogens with zero attached hydrogens (tertiary/aromatic N) is 3. The molecule has 0 spiro atoms. The summed E-state index contributed by atoms with van der Waals surface area (Å²) < 4.78 is 47.5. The second kappa shape index (κ2) is 13.6. The molecule has 284 valence electrons. The van der Waals surface area contributed by atoms with Crippen LogP contribution in [0.2, 0.25) is 0 Å². The maximum absolute atomic E-state index is 14.4. The molecule has 0 aliphatic carbocycles. The molecule has 2 aromatic heterocycles. The molecular formula is C53H36F3N3. The second-order valence-corrected chi connectivity index (χ2v) is 15.5. The zero-order valence-corrected chi connectivity index (χ0v) is 32.6. The van der Waals surface area contributed by atoms with Gasteiger partial charge >= 0.3 is 6.18 Å². The van der Waals surface area contributed by atoms with Crippen molar-refractivity contribution in [3.8, 4) is 50.8 Å². The van der Waals surface area contributed by atoms with Crippen LogP contribution < -0.4 is 0 Å². The van der Waals surface area contributed by atoms with Gasteiger partial charge < -0.3 is 9.13 Å². The molecule has 0 unspecified atom stereocenters. The van der Waals surface area contributed by atoms with Gasteiger partial charge in [0.05, 0.1) is 39.0 Å². The summed E-state index contributed by atoms with van der Waals surface area (Å²) in [5.41, 5.74) is 12.2. The zero-order chi connectivity index (χ0) is 40.6. The first-order valence-electron chi connectivity index (χ1n) is 19.5. The lowest BCUT2D eigenvalue weighted by Gasteiger charge is -2.19. The highest BCUT2D eigenvalue weighted by Gasteiger charge is 2.31. The fraction of sp³-hybridized carbons (Fsp3) is 0.0755. The molecule has 0 radical (unpaired) electrons. The molecule has 8 aromatic carbocycles. The Morgan fingerprint density at radius 3 is 1.29 bits per heavy atom. The highest BCUT2D eigenvalue weighted by atomic mass is 19.4. The molecule has 6 heteroatoms. The van der Waals surface area contributed by atoms with E-state index < -0.39 is 11.7 Å². The molecule has 0 aliphatic rings. The summed E-state index contributed by atoms with van der Waals surface area (Å²) in [6, 6.07) is 56.3. The average Bonchev–Trinajstić information content (AvgIpc) is 3.75. The van der Waals surface area contributed by atoms with Crippen molar-refractivity contribution in [3.63, 3.8) is 0 Å². The molecule has 0 atom stereocenters. The van der Waals surface area contributed by atoms with E-state index in [-0.39, 0.29) is 0 Å². The van der Waals surface area contributed by atoms with Gasteiger partial charge in [0.1, 0.15) is 11.6 Å². The molecule has 2 heterocycles. The van der Waals surface area contributed by atoms with Crippen molar-refractivity contribution in [1.29, 1.82) is 5.26 Å². The molecule has 10 aromatic rings. The zero-order valence-electron chi connectivity index (χ0n) is 32.6. The Bertz CT molecular complexity index is 3150. The van der Waals surface area contributed by atoms with E-state index in [2.05, 4.69) is 126 Å². The van der Waals surface area contributed by atoms with Crippen molar-refractivity contribution in [2.24, 2.45) is 0 Å². The largest absolute Gasteiger partial charge is 0.416 e. The van der Waals surface area contributed by atoms with Crippen LogP contribution in [0.5, 0.6) is 0 Å². The fourth-order valence-corrected chi connectivity index (χ4v) is 8.67. The molecule has 0 saturated carbocycles. The predicted molar refractivity (Wildman–Crippen MR) is 235 cm³/mol. The van der Waals surface area contributed by atoms with Crippen LogP contribution in [0, 0.1) is 32.1 Å².